The molecular formula is C12H24F3NO4. The molecule has 0 amide bonds. The molecule has 8 heteroatoms. The molecule has 0 aromatic carbocycles. The third-order valence-corrected chi connectivity index (χ3v) is 2.51. The van der Waals surface area contributed by atoms with Gasteiger partial charge in [-0.3, -0.25) is 0 Å². The van der Waals surface area contributed by atoms with Crippen molar-refractivity contribution in [3.63, 3.8) is 0 Å². The van der Waals surface area contributed by atoms with E-state index in [4.69, 9.17) is 24.7 Å². The van der Waals surface area contributed by atoms with Gasteiger partial charge in [0.1, 0.15) is 0 Å². The molecule has 0 heterocycles. The molecule has 0 aliphatic heterocycles. The van der Waals surface area contributed by atoms with Crippen LogP contribution in [0.5, 0.6) is 0 Å². The summed E-state index contributed by atoms with van der Waals surface area (Å²) in [7, 11) is 1.56. The average Bonchev–Trinajstić information content (AvgIpc) is 2.39. The molecule has 2 atom stereocenters. The Kier molecular flexibility index (Phi) is 11.0. The van der Waals surface area contributed by atoms with Crippen LogP contribution >= 0.6 is 0 Å². The van der Waals surface area contributed by atoms with E-state index in [0.29, 0.717) is 26.4 Å². The number of nitrogens with two attached hydrogens (primary N) is 1. The molecule has 20 heavy (non-hydrogen) atoms. The monoisotopic (exact) mass is 303 g/mol. The van der Waals surface area contributed by atoms with E-state index in [0.717, 1.165) is 0 Å². The minimum atomic E-state index is -4.46. The molecule has 0 bridgehead atoms. The first kappa shape index (κ1) is 19.6. The summed E-state index contributed by atoms with van der Waals surface area (Å²) in [5, 5.41) is 0. The molecule has 0 aromatic rings. The molecule has 2 unspecified atom stereocenters. The fourth-order valence-electron chi connectivity index (χ4n) is 1.37. The van der Waals surface area contributed by atoms with E-state index in [-0.39, 0.29) is 19.6 Å². The predicted molar refractivity (Wildman–Crippen MR) is 67.6 cm³/mol. The van der Waals surface area contributed by atoms with Gasteiger partial charge in [-0.2, -0.15) is 13.2 Å². The van der Waals surface area contributed by atoms with Crippen LogP contribution in [0, 0.1) is 0 Å². The smallest absolute Gasteiger partial charge is 0.382 e. The fourth-order valence-corrected chi connectivity index (χ4v) is 1.37. The van der Waals surface area contributed by atoms with Crippen LogP contribution in [-0.2, 0) is 18.9 Å². The van der Waals surface area contributed by atoms with E-state index < -0.39 is 18.3 Å². The second kappa shape index (κ2) is 11.3. The molecule has 0 saturated heterocycles. The molecule has 0 fully saturated rings. The Labute approximate surface area is 117 Å². The molecule has 0 saturated carbocycles. The first-order chi connectivity index (χ1) is 9.43. The maximum Gasteiger partial charge on any atom is 0.416 e. The third kappa shape index (κ3) is 9.49. The van der Waals surface area contributed by atoms with Gasteiger partial charge < -0.3 is 24.7 Å². The first-order valence-corrected chi connectivity index (χ1v) is 6.51. The number of methoxy groups -OCH3 is 1. The highest BCUT2D eigenvalue weighted by molar-refractivity contribution is 4.79. The zero-order valence-corrected chi connectivity index (χ0v) is 11.9. The summed E-state index contributed by atoms with van der Waals surface area (Å²) < 4.78 is 57.6. The van der Waals surface area contributed by atoms with Gasteiger partial charge in [-0.25, -0.2) is 0 Å². The largest absolute Gasteiger partial charge is 0.416 e. The lowest BCUT2D eigenvalue weighted by Gasteiger charge is -2.25. The second-order valence-corrected chi connectivity index (χ2v) is 4.12. The van der Waals surface area contributed by atoms with Crippen LogP contribution in [0.15, 0.2) is 0 Å². The van der Waals surface area contributed by atoms with Gasteiger partial charge >= 0.3 is 6.18 Å². The minimum absolute atomic E-state index is 0.0661. The SMILES string of the molecule is CCC(N)C(OCCOCCOCCOC)C(F)(F)F. The Balaban J connectivity index is 3.65. The van der Waals surface area contributed by atoms with Crippen molar-refractivity contribution in [2.75, 3.05) is 46.8 Å². The summed E-state index contributed by atoms with van der Waals surface area (Å²) in [5.74, 6) is 0. The molecule has 0 rings (SSSR count). The number of rotatable bonds is 12. The maximum atomic E-state index is 12.6. The Bertz CT molecular complexity index is 229. The summed E-state index contributed by atoms with van der Waals surface area (Å²) in [6.07, 6.45) is -6.22. The van der Waals surface area contributed by atoms with Gasteiger partial charge in [0.15, 0.2) is 6.10 Å². The molecule has 0 aliphatic carbocycles. The average molecular weight is 303 g/mol. The lowest BCUT2D eigenvalue weighted by molar-refractivity contribution is -0.229. The van der Waals surface area contributed by atoms with Crippen molar-refractivity contribution in [1.82, 2.24) is 0 Å². The van der Waals surface area contributed by atoms with Crippen LogP contribution in [0.2, 0.25) is 0 Å². The molecular weight excluding hydrogens is 279 g/mol. The molecule has 0 aliphatic rings. The van der Waals surface area contributed by atoms with Crippen molar-refractivity contribution in [2.24, 2.45) is 5.73 Å². The van der Waals surface area contributed by atoms with Crippen LogP contribution in [0.3, 0.4) is 0 Å². The predicted octanol–water partition coefficient (Wildman–Crippen LogP) is 1.35. The van der Waals surface area contributed by atoms with Crippen LogP contribution in [-0.4, -0.2) is 65.1 Å². The topological polar surface area (TPSA) is 62.9 Å². The van der Waals surface area contributed by atoms with Crippen molar-refractivity contribution < 1.29 is 32.1 Å². The van der Waals surface area contributed by atoms with Crippen molar-refractivity contribution >= 4 is 0 Å². The van der Waals surface area contributed by atoms with Crippen LogP contribution in [0.4, 0.5) is 13.2 Å². The maximum absolute atomic E-state index is 12.6. The van der Waals surface area contributed by atoms with Crippen LogP contribution in [0.1, 0.15) is 13.3 Å². The lowest BCUT2D eigenvalue weighted by Crippen LogP contribution is -2.47. The van der Waals surface area contributed by atoms with Gasteiger partial charge in [-0.1, -0.05) is 6.92 Å². The summed E-state index contributed by atoms with van der Waals surface area (Å²) in [6.45, 7) is 3.10. The Hall–Kier alpha value is -0.410. The van der Waals surface area contributed by atoms with E-state index in [1.807, 2.05) is 0 Å². The summed E-state index contributed by atoms with van der Waals surface area (Å²) in [6, 6.07) is -1.06. The zero-order valence-electron chi connectivity index (χ0n) is 11.9. The zero-order chi connectivity index (χ0) is 15.4. The van der Waals surface area contributed by atoms with E-state index in [9.17, 15) is 13.2 Å². The highest BCUT2D eigenvalue weighted by Gasteiger charge is 2.43. The molecule has 122 valence electrons. The molecule has 0 spiro atoms. The number of hydrogen-bond donors (Lipinski definition) is 1. The number of halogens is 3. The Morgan fingerprint density at radius 1 is 0.950 bits per heavy atom. The lowest BCUT2D eigenvalue weighted by atomic mass is 10.1. The third-order valence-electron chi connectivity index (χ3n) is 2.51. The van der Waals surface area contributed by atoms with Gasteiger partial charge in [0.05, 0.1) is 39.6 Å². The quantitative estimate of drug-likeness (QED) is 0.551. The molecule has 0 aromatic heterocycles. The van der Waals surface area contributed by atoms with Gasteiger partial charge in [0, 0.05) is 13.2 Å². The van der Waals surface area contributed by atoms with E-state index in [1.165, 1.54) is 0 Å². The van der Waals surface area contributed by atoms with E-state index >= 15 is 0 Å². The normalized spacial score (nSPS) is 15.3. The highest BCUT2D eigenvalue weighted by atomic mass is 19.4. The van der Waals surface area contributed by atoms with Crippen molar-refractivity contribution in [3.8, 4) is 0 Å². The number of ether oxygens (including phenoxy) is 4. The summed E-state index contributed by atoms with van der Waals surface area (Å²) in [4.78, 5) is 0. The number of alkyl halides is 3. The highest BCUT2D eigenvalue weighted by Crippen LogP contribution is 2.25. The first-order valence-electron chi connectivity index (χ1n) is 6.51. The van der Waals surface area contributed by atoms with Gasteiger partial charge in [0.25, 0.3) is 0 Å². The Morgan fingerprint density at radius 3 is 1.90 bits per heavy atom. The van der Waals surface area contributed by atoms with Crippen molar-refractivity contribution in [1.29, 1.82) is 0 Å². The van der Waals surface area contributed by atoms with Crippen molar-refractivity contribution in [2.45, 2.75) is 31.7 Å². The molecule has 5 nitrogen and oxygen atoms in total. The van der Waals surface area contributed by atoms with Crippen LogP contribution in [0.25, 0.3) is 0 Å². The summed E-state index contributed by atoms with van der Waals surface area (Å²) >= 11 is 0. The van der Waals surface area contributed by atoms with E-state index in [2.05, 4.69) is 0 Å². The summed E-state index contributed by atoms with van der Waals surface area (Å²) in [5.41, 5.74) is 5.39. The second-order valence-electron chi connectivity index (χ2n) is 4.12. The standard InChI is InChI=1S/C12H24F3NO4/c1-3-10(16)11(12(13,14)15)20-9-8-19-7-6-18-5-4-17-2/h10-11H,3-9,16H2,1-2H3. The van der Waals surface area contributed by atoms with Gasteiger partial charge in [-0.05, 0) is 6.42 Å². The molecule has 2 N–H and O–H groups in total. The molecule has 0 radical (unpaired) electrons. The number of hydrogen-bond acceptors (Lipinski definition) is 5. The van der Waals surface area contributed by atoms with Gasteiger partial charge in [-0.15, -0.1) is 0 Å². The van der Waals surface area contributed by atoms with Gasteiger partial charge in [0.2, 0.25) is 0 Å². The van der Waals surface area contributed by atoms with E-state index in [1.54, 1.807) is 14.0 Å². The fraction of sp³-hybridized carbons (Fsp3) is 1.00. The Morgan fingerprint density at radius 2 is 1.45 bits per heavy atom. The van der Waals surface area contributed by atoms with Crippen molar-refractivity contribution in [3.05, 3.63) is 0 Å². The minimum Gasteiger partial charge on any atom is -0.382 e. The van der Waals surface area contributed by atoms with Crippen LogP contribution < -0.4 is 5.73 Å².